The molecule has 22 heavy (non-hydrogen) atoms. The van der Waals surface area contributed by atoms with Gasteiger partial charge in [-0.25, -0.2) is 0 Å². The van der Waals surface area contributed by atoms with Gasteiger partial charge in [0.1, 0.15) is 11.9 Å². The fourth-order valence-electron chi connectivity index (χ4n) is 4.45. The van der Waals surface area contributed by atoms with Gasteiger partial charge in [0, 0.05) is 12.1 Å². The maximum atomic E-state index is 10.8. The van der Waals surface area contributed by atoms with Gasteiger partial charge in [0.15, 0.2) is 0 Å². The highest BCUT2D eigenvalue weighted by Gasteiger charge is 2.41. The predicted molar refractivity (Wildman–Crippen MR) is 89.0 cm³/mol. The van der Waals surface area contributed by atoms with Crippen molar-refractivity contribution >= 4 is 21.6 Å². The molecule has 0 saturated heterocycles. The Morgan fingerprint density at radius 1 is 1.23 bits per heavy atom. The van der Waals surface area contributed by atoms with Gasteiger partial charge in [0.25, 0.3) is 5.69 Å². The first-order chi connectivity index (χ1) is 10.4. The summed E-state index contributed by atoms with van der Waals surface area (Å²) in [5.74, 6) is 3.50. The van der Waals surface area contributed by atoms with Crippen LogP contribution in [0.2, 0.25) is 0 Å². The minimum absolute atomic E-state index is 0.0854. The van der Waals surface area contributed by atoms with Crippen molar-refractivity contribution in [2.45, 2.75) is 45.6 Å². The summed E-state index contributed by atoms with van der Waals surface area (Å²) in [7, 11) is 0. The molecule has 1 aromatic carbocycles. The molecule has 120 valence electrons. The number of hydrogen-bond donors (Lipinski definition) is 0. The minimum atomic E-state index is -0.384. The lowest BCUT2D eigenvalue weighted by atomic mass is 9.64. The maximum Gasteiger partial charge on any atom is 0.270 e. The Kier molecular flexibility index (Phi) is 4.44. The van der Waals surface area contributed by atoms with E-state index in [0.717, 1.165) is 17.6 Å². The van der Waals surface area contributed by atoms with Gasteiger partial charge < -0.3 is 4.74 Å². The molecule has 3 rings (SSSR count). The van der Waals surface area contributed by atoms with Gasteiger partial charge >= 0.3 is 0 Å². The zero-order valence-corrected chi connectivity index (χ0v) is 14.6. The average Bonchev–Trinajstić information content (AvgIpc) is 2.43. The molecule has 0 heterocycles. The summed E-state index contributed by atoms with van der Waals surface area (Å²) in [4.78, 5) is 10.4. The first-order valence-electron chi connectivity index (χ1n) is 8.04. The van der Waals surface area contributed by atoms with Gasteiger partial charge in [-0.15, -0.1) is 0 Å². The molecule has 0 radical (unpaired) electrons. The summed E-state index contributed by atoms with van der Waals surface area (Å²) in [5.41, 5.74) is 0.0854. The Hall–Kier alpha value is -1.10. The molecule has 0 spiro atoms. The summed E-state index contributed by atoms with van der Waals surface area (Å²) in [6.07, 6.45) is 5.31. The first kappa shape index (κ1) is 15.8. The number of nitro groups is 1. The SMILES string of the molecule is CC1CC2CC(C)C(Oc3ccc([N+](=O)[O-])cc3Br)C(C1)C2. The van der Waals surface area contributed by atoms with Crippen molar-refractivity contribution < 1.29 is 9.66 Å². The third-order valence-corrected chi connectivity index (χ3v) is 5.82. The second-order valence-electron chi connectivity index (χ2n) is 7.11. The van der Waals surface area contributed by atoms with E-state index < -0.39 is 0 Å². The topological polar surface area (TPSA) is 52.4 Å². The normalized spacial score (nSPS) is 34.2. The number of nitrogens with zero attached hydrogens (tertiary/aromatic N) is 1. The van der Waals surface area contributed by atoms with Crippen LogP contribution in [0.25, 0.3) is 0 Å². The molecule has 4 nitrogen and oxygen atoms in total. The number of rotatable bonds is 3. The van der Waals surface area contributed by atoms with Crippen LogP contribution in [0, 0.1) is 33.8 Å². The summed E-state index contributed by atoms with van der Waals surface area (Å²) in [6, 6.07) is 4.75. The first-order valence-corrected chi connectivity index (χ1v) is 8.84. The van der Waals surface area contributed by atoms with Crippen LogP contribution in [0.15, 0.2) is 22.7 Å². The van der Waals surface area contributed by atoms with Crippen LogP contribution >= 0.6 is 15.9 Å². The van der Waals surface area contributed by atoms with Crippen molar-refractivity contribution in [2.24, 2.45) is 23.7 Å². The van der Waals surface area contributed by atoms with Gasteiger partial charge in [-0.2, -0.15) is 0 Å². The third kappa shape index (κ3) is 3.14. The molecular formula is C17H22BrNO3. The molecule has 2 aliphatic rings. The van der Waals surface area contributed by atoms with Crippen molar-refractivity contribution in [3.05, 3.63) is 32.8 Å². The zero-order valence-electron chi connectivity index (χ0n) is 13.0. The fraction of sp³-hybridized carbons (Fsp3) is 0.647. The van der Waals surface area contributed by atoms with Crippen LogP contribution in [0.4, 0.5) is 5.69 Å². The lowest BCUT2D eigenvalue weighted by Crippen LogP contribution is -2.43. The van der Waals surface area contributed by atoms with E-state index in [-0.39, 0.29) is 16.7 Å². The van der Waals surface area contributed by atoms with E-state index in [1.54, 1.807) is 6.07 Å². The number of ether oxygens (including phenoxy) is 1. The highest BCUT2D eigenvalue weighted by atomic mass is 79.9. The highest BCUT2D eigenvalue weighted by molar-refractivity contribution is 9.10. The van der Waals surface area contributed by atoms with Gasteiger partial charge in [0.05, 0.1) is 9.40 Å². The average molecular weight is 368 g/mol. The van der Waals surface area contributed by atoms with E-state index in [1.807, 2.05) is 0 Å². The Bertz CT molecular complexity index is 573. The van der Waals surface area contributed by atoms with Crippen molar-refractivity contribution in [3.8, 4) is 5.75 Å². The lowest BCUT2D eigenvalue weighted by molar-refractivity contribution is -0.385. The number of benzene rings is 1. The lowest BCUT2D eigenvalue weighted by Gasteiger charge is -2.46. The Morgan fingerprint density at radius 2 is 2.00 bits per heavy atom. The van der Waals surface area contributed by atoms with Crippen molar-refractivity contribution in [1.82, 2.24) is 0 Å². The number of halogens is 1. The quantitative estimate of drug-likeness (QED) is 0.545. The number of hydrogen-bond acceptors (Lipinski definition) is 3. The minimum Gasteiger partial charge on any atom is -0.489 e. The number of non-ortho nitro benzene ring substituents is 1. The maximum absolute atomic E-state index is 10.8. The van der Waals surface area contributed by atoms with E-state index in [2.05, 4.69) is 29.8 Å². The second kappa shape index (κ2) is 6.19. The van der Waals surface area contributed by atoms with Crippen LogP contribution in [0.5, 0.6) is 5.75 Å². The third-order valence-electron chi connectivity index (χ3n) is 5.20. The standard InChI is InChI=1S/C17H22BrNO3/c1-10-5-12-7-11(2)17(13(6-10)8-12)22-16-4-3-14(19(20)21)9-15(16)18/h3-4,9-13,17H,5-8H2,1-2H3. The van der Waals surface area contributed by atoms with Crippen molar-refractivity contribution in [3.63, 3.8) is 0 Å². The molecule has 2 saturated carbocycles. The summed E-state index contributed by atoms with van der Waals surface area (Å²) in [6.45, 7) is 4.62. The summed E-state index contributed by atoms with van der Waals surface area (Å²) < 4.78 is 6.96. The van der Waals surface area contributed by atoms with E-state index in [1.165, 1.54) is 37.8 Å². The number of fused-ring (bicyclic) bond motifs is 2. The molecule has 5 atom stereocenters. The van der Waals surface area contributed by atoms with Gasteiger partial charge in [-0.3, -0.25) is 10.1 Å². The van der Waals surface area contributed by atoms with Gasteiger partial charge in [-0.05, 0) is 71.4 Å². The molecular weight excluding hydrogens is 346 g/mol. The van der Waals surface area contributed by atoms with Crippen LogP contribution in [-0.2, 0) is 0 Å². The van der Waals surface area contributed by atoms with Crippen LogP contribution in [0.3, 0.4) is 0 Å². The van der Waals surface area contributed by atoms with Crippen molar-refractivity contribution in [2.75, 3.05) is 0 Å². The van der Waals surface area contributed by atoms with Gasteiger partial charge in [-0.1, -0.05) is 13.8 Å². The highest BCUT2D eigenvalue weighted by Crippen LogP contribution is 2.46. The van der Waals surface area contributed by atoms with E-state index in [0.29, 0.717) is 16.3 Å². The van der Waals surface area contributed by atoms with E-state index >= 15 is 0 Å². The molecule has 0 N–H and O–H groups in total. The molecule has 2 fully saturated rings. The Balaban J connectivity index is 1.78. The zero-order chi connectivity index (χ0) is 15.9. The largest absolute Gasteiger partial charge is 0.489 e. The Morgan fingerprint density at radius 3 is 2.68 bits per heavy atom. The summed E-state index contributed by atoms with van der Waals surface area (Å²) in [5, 5.41) is 10.8. The fourth-order valence-corrected chi connectivity index (χ4v) is 4.91. The van der Waals surface area contributed by atoms with E-state index in [9.17, 15) is 10.1 Å². The number of nitro benzene ring substituents is 1. The summed E-state index contributed by atoms with van der Waals surface area (Å²) >= 11 is 3.41. The van der Waals surface area contributed by atoms with Crippen LogP contribution < -0.4 is 4.74 Å². The molecule has 0 aromatic heterocycles. The predicted octanol–water partition coefficient (Wildman–Crippen LogP) is 5.20. The molecule has 5 unspecified atom stereocenters. The smallest absolute Gasteiger partial charge is 0.270 e. The Labute approximate surface area is 139 Å². The molecule has 2 aliphatic carbocycles. The molecule has 5 heteroatoms. The molecule has 0 amide bonds. The molecule has 1 aromatic rings. The van der Waals surface area contributed by atoms with Crippen LogP contribution in [0.1, 0.15) is 39.5 Å². The van der Waals surface area contributed by atoms with E-state index in [4.69, 9.17) is 4.74 Å². The van der Waals surface area contributed by atoms with Crippen LogP contribution in [-0.4, -0.2) is 11.0 Å². The monoisotopic (exact) mass is 367 g/mol. The second-order valence-corrected chi connectivity index (χ2v) is 7.96. The molecule has 2 bridgehead atoms. The molecule has 0 aliphatic heterocycles. The van der Waals surface area contributed by atoms with Crippen molar-refractivity contribution in [1.29, 1.82) is 0 Å². The van der Waals surface area contributed by atoms with Gasteiger partial charge in [0.2, 0.25) is 0 Å².